The maximum atomic E-state index is 12.4. The van der Waals surface area contributed by atoms with Gasteiger partial charge in [-0.2, -0.15) is 0 Å². The summed E-state index contributed by atoms with van der Waals surface area (Å²) in [6.45, 7) is 1.39. The molecule has 112 valence electrons. The van der Waals surface area contributed by atoms with E-state index in [9.17, 15) is 4.79 Å². The molecule has 1 amide bonds. The first kappa shape index (κ1) is 14.2. The Morgan fingerprint density at radius 2 is 2.19 bits per heavy atom. The lowest BCUT2D eigenvalue weighted by Gasteiger charge is -2.22. The van der Waals surface area contributed by atoms with Crippen molar-refractivity contribution in [1.82, 2.24) is 5.32 Å². The van der Waals surface area contributed by atoms with Crippen molar-refractivity contribution >= 4 is 33.0 Å². The molecule has 0 unspecified atom stereocenters. The maximum absolute atomic E-state index is 12.4. The Labute approximate surface area is 127 Å². The third-order valence-electron chi connectivity index (χ3n) is 3.70. The molecule has 1 aromatic carbocycles. The predicted octanol–water partition coefficient (Wildman–Crippen LogP) is 2.40. The number of anilines is 1. The van der Waals surface area contributed by atoms with Gasteiger partial charge in [0.25, 0.3) is 5.91 Å². The topological polar surface area (TPSA) is 73.6 Å². The summed E-state index contributed by atoms with van der Waals surface area (Å²) < 4.78 is 11.6. The molecule has 0 spiro atoms. The molecule has 2 heterocycles. The fraction of sp³-hybridized carbons (Fsp3) is 0.400. The van der Waals surface area contributed by atoms with Crippen LogP contribution in [0.25, 0.3) is 10.1 Å². The number of hydrogen-bond acceptors (Lipinski definition) is 5. The van der Waals surface area contributed by atoms with Gasteiger partial charge in [-0.25, -0.2) is 0 Å². The fourth-order valence-electron chi connectivity index (χ4n) is 2.57. The van der Waals surface area contributed by atoms with Crippen molar-refractivity contribution in [1.29, 1.82) is 0 Å². The highest BCUT2D eigenvalue weighted by Gasteiger charge is 2.22. The average molecular weight is 306 g/mol. The molecule has 1 aliphatic rings. The third kappa shape index (κ3) is 2.69. The molecule has 5 nitrogen and oxygen atoms in total. The van der Waals surface area contributed by atoms with Crippen LogP contribution in [0.4, 0.5) is 5.69 Å². The average Bonchev–Trinajstić information content (AvgIpc) is 2.86. The molecule has 2 aromatic rings. The molecule has 0 bridgehead atoms. The van der Waals surface area contributed by atoms with E-state index in [1.165, 1.54) is 11.3 Å². The highest BCUT2D eigenvalue weighted by molar-refractivity contribution is 7.21. The number of benzene rings is 1. The summed E-state index contributed by atoms with van der Waals surface area (Å²) in [5.74, 6) is 0.592. The van der Waals surface area contributed by atoms with Crippen LogP contribution in [0.1, 0.15) is 22.5 Å². The number of nitrogen functional groups attached to an aromatic ring is 1. The number of hydrogen-bond donors (Lipinski definition) is 2. The van der Waals surface area contributed by atoms with Crippen molar-refractivity contribution < 1.29 is 14.3 Å². The van der Waals surface area contributed by atoms with Gasteiger partial charge in [0.05, 0.1) is 18.2 Å². The standard InChI is InChI=1S/C15H18N2O3S/c1-19-10-3-2-4-11-12(10)13(16)14(21-11)15(18)17-9-5-7-20-8-6-9/h2-4,9H,5-8,16H2,1H3,(H,17,18). The summed E-state index contributed by atoms with van der Waals surface area (Å²) in [6.07, 6.45) is 1.69. The van der Waals surface area contributed by atoms with Crippen LogP contribution in [-0.4, -0.2) is 32.3 Å². The number of nitrogens with two attached hydrogens (primary N) is 1. The van der Waals surface area contributed by atoms with Crippen LogP contribution >= 0.6 is 11.3 Å². The van der Waals surface area contributed by atoms with E-state index in [1.54, 1.807) is 7.11 Å². The van der Waals surface area contributed by atoms with Crippen LogP contribution in [0.15, 0.2) is 18.2 Å². The molecule has 0 atom stereocenters. The number of amides is 1. The van der Waals surface area contributed by atoms with Crippen LogP contribution in [-0.2, 0) is 4.74 Å². The number of methoxy groups -OCH3 is 1. The normalized spacial score (nSPS) is 16.0. The van der Waals surface area contributed by atoms with Crippen molar-refractivity contribution in [3.8, 4) is 5.75 Å². The molecule has 0 radical (unpaired) electrons. The Kier molecular flexibility index (Phi) is 3.98. The molecule has 1 saturated heterocycles. The van der Waals surface area contributed by atoms with Crippen LogP contribution in [0.5, 0.6) is 5.75 Å². The third-order valence-corrected chi connectivity index (χ3v) is 4.87. The van der Waals surface area contributed by atoms with Gasteiger partial charge in [-0.05, 0) is 25.0 Å². The molecule has 0 saturated carbocycles. The minimum absolute atomic E-state index is 0.109. The van der Waals surface area contributed by atoms with E-state index in [0.717, 1.165) is 22.9 Å². The summed E-state index contributed by atoms with van der Waals surface area (Å²) >= 11 is 1.40. The lowest BCUT2D eigenvalue weighted by Crippen LogP contribution is -2.38. The van der Waals surface area contributed by atoms with Crippen molar-refractivity contribution in [3.05, 3.63) is 23.1 Å². The van der Waals surface area contributed by atoms with Crippen LogP contribution < -0.4 is 15.8 Å². The lowest BCUT2D eigenvalue weighted by atomic mass is 10.1. The molecule has 3 N–H and O–H groups in total. The van der Waals surface area contributed by atoms with E-state index in [-0.39, 0.29) is 11.9 Å². The van der Waals surface area contributed by atoms with Crippen LogP contribution in [0, 0.1) is 0 Å². The van der Waals surface area contributed by atoms with Crippen LogP contribution in [0.2, 0.25) is 0 Å². The lowest BCUT2D eigenvalue weighted by molar-refractivity contribution is 0.0699. The smallest absolute Gasteiger partial charge is 0.263 e. The van der Waals surface area contributed by atoms with Gasteiger partial charge in [0.2, 0.25) is 0 Å². The van der Waals surface area contributed by atoms with Gasteiger partial charge in [-0.3, -0.25) is 4.79 Å². The van der Waals surface area contributed by atoms with Crippen molar-refractivity contribution in [2.45, 2.75) is 18.9 Å². The monoisotopic (exact) mass is 306 g/mol. The molecule has 1 fully saturated rings. The Morgan fingerprint density at radius 1 is 1.43 bits per heavy atom. The van der Waals surface area contributed by atoms with Gasteiger partial charge in [-0.15, -0.1) is 11.3 Å². The first-order valence-corrected chi connectivity index (χ1v) is 7.76. The number of ether oxygens (including phenoxy) is 2. The summed E-state index contributed by atoms with van der Waals surface area (Å²) in [7, 11) is 1.60. The zero-order valence-corrected chi connectivity index (χ0v) is 12.7. The highest BCUT2D eigenvalue weighted by atomic mass is 32.1. The van der Waals surface area contributed by atoms with Crippen molar-refractivity contribution in [3.63, 3.8) is 0 Å². The quantitative estimate of drug-likeness (QED) is 0.913. The molecule has 1 aromatic heterocycles. The minimum Gasteiger partial charge on any atom is -0.496 e. The second kappa shape index (κ2) is 5.91. The first-order chi connectivity index (χ1) is 10.2. The van der Waals surface area contributed by atoms with Gasteiger partial charge in [0.15, 0.2) is 0 Å². The molecule has 6 heteroatoms. The Balaban J connectivity index is 1.89. The molecule has 0 aliphatic carbocycles. The first-order valence-electron chi connectivity index (χ1n) is 6.94. The maximum Gasteiger partial charge on any atom is 0.263 e. The molecule has 21 heavy (non-hydrogen) atoms. The van der Waals surface area contributed by atoms with E-state index >= 15 is 0 Å². The minimum atomic E-state index is -0.109. The Morgan fingerprint density at radius 3 is 2.90 bits per heavy atom. The number of carbonyl (C=O) groups excluding carboxylic acids is 1. The van der Waals surface area contributed by atoms with Gasteiger partial charge >= 0.3 is 0 Å². The second-order valence-corrected chi connectivity index (χ2v) is 6.09. The van der Waals surface area contributed by atoms with Gasteiger partial charge in [0, 0.05) is 24.0 Å². The van der Waals surface area contributed by atoms with E-state index < -0.39 is 0 Å². The largest absolute Gasteiger partial charge is 0.496 e. The molecular formula is C15H18N2O3S. The van der Waals surface area contributed by atoms with E-state index in [1.807, 2.05) is 18.2 Å². The highest BCUT2D eigenvalue weighted by Crippen LogP contribution is 2.39. The summed E-state index contributed by atoms with van der Waals surface area (Å²) in [4.78, 5) is 13.0. The zero-order chi connectivity index (χ0) is 14.8. The van der Waals surface area contributed by atoms with E-state index in [4.69, 9.17) is 15.2 Å². The number of rotatable bonds is 3. The second-order valence-electron chi connectivity index (χ2n) is 5.04. The molecular weight excluding hydrogens is 288 g/mol. The van der Waals surface area contributed by atoms with Gasteiger partial charge < -0.3 is 20.5 Å². The number of thiophene rings is 1. The van der Waals surface area contributed by atoms with E-state index in [0.29, 0.717) is 29.5 Å². The summed E-state index contributed by atoms with van der Waals surface area (Å²) in [6, 6.07) is 5.87. The molecule has 1 aliphatic heterocycles. The number of nitrogens with one attached hydrogen (secondary N) is 1. The van der Waals surface area contributed by atoms with Crippen LogP contribution in [0.3, 0.4) is 0 Å². The fourth-order valence-corrected chi connectivity index (χ4v) is 3.61. The summed E-state index contributed by atoms with van der Waals surface area (Å²) in [5.41, 5.74) is 6.66. The zero-order valence-electron chi connectivity index (χ0n) is 11.8. The SMILES string of the molecule is COc1cccc2sc(C(=O)NC3CCOCC3)c(N)c12. The number of fused-ring (bicyclic) bond motifs is 1. The number of carbonyl (C=O) groups is 1. The Bertz CT molecular complexity index is 662. The summed E-state index contributed by atoms with van der Waals surface area (Å²) in [5, 5.41) is 3.87. The molecule has 3 rings (SSSR count). The van der Waals surface area contributed by atoms with Gasteiger partial charge in [0.1, 0.15) is 10.6 Å². The van der Waals surface area contributed by atoms with Gasteiger partial charge in [-0.1, -0.05) is 6.07 Å². The predicted molar refractivity (Wildman–Crippen MR) is 84.1 cm³/mol. The van der Waals surface area contributed by atoms with E-state index in [2.05, 4.69) is 5.32 Å². The van der Waals surface area contributed by atoms with Crippen molar-refractivity contribution in [2.75, 3.05) is 26.1 Å². The van der Waals surface area contributed by atoms with Crippen molar-refractivity contribution in [2.24, 2.45) is 0 Å². The Hall–Kier alpha value is -1.79.